The quantitative estimate of drug-likeness (QED) is 0.242. The Hall–Kier alpha value is -2.36. The van der Waals surface area contributed by atoms with Gasteiger partial charge in [-0.3, -0.25) is 0 Å². The summed E-state index contributed by atoms with van der Waals surface area (Å²) in [5, 5.41) is 1.81. The number of carbonyl (C=O) groups is 2. The van der Waals surface area contributed by atoms with Gasteiger partial charge in [0.25, 0.3) is 0 Å². The first kappa shape index (κ1) is 23.9. The monoisotopic (exact) mass is 412 g/mol. The van der Waals surface area contributed by atoms with E-state index in [9.17, 15) is 9.59 Å². The van der Waals surface area contributed by atoms with Crippen LogP contribution in [0.15, 0.2) is 24.3 Å². The van der Waals surface area contributed by atoms with Gasteiger partial charge in [-0.2, -0.15) is 0 Å². The number of aldehydes is 2. The molecule has 30 heavy (non-hydrogen) atoms. The molecule has 0 heterocycles. The smallest absolute Gasteiger partial charge is 0.127 e. The Bertz CT molecular complexity index is 730. The Morgan fingerprint density at radius 3 is 1.43 bits per heavy atom. The van der Waals surface area contributed by atoms with E-state index in [1.165, 1.54) is 25.7 Å². The van der Waals surface area contributed by atoms with Crippen molar-refractivity contribution in [1.82, 2.24) is 0 Å². The molecule has 0 aliphatic carbocycles. The molecule has 0 radical (unpaired) electrons. The maximum Gasteiger partial charge on any atom is 0.127 e. The van der Waals surface area contributed by atoms with Gasteiger partial charge in [-0.05, 0) is 36.1 Å². The Kier molecular flexibility index (Phi) is 11.0. The fraction of sp³-hybridized carbons (Fsp3) is 0.538. The lowest BCUT2D eigenvalue weighted by Crippen LogP contribution is -2.04. The van der Waals surface area contributed by atoms with Crippen LogP contribution in [0.3, 0.4) is 0 Å². The fourth-order valence-corrected chi connectivity index (χ4v) is 3.75. The van der Waals surface area contributed by atoms with E-state index >= 15 is 0 Å². The van der Waals surface area contributed by atoms with Crippen molar-refractivity contribution in [2.75, 3.05) is 13.2 Å². The lowest BCUT2D eigenvalue weighted by molar-refractivity contribution is -0.108. The number of hydrogen-bond acceptors (Lipinski definition) is 4. The van der Waals surface area contributed by atoms with Gasteiger partial charge >= 0.3 is 0 Å². The van der Waals surface area contributed by atoms with Gasteiger partial charge in [-0.1, -0.05) is 64.5 Å². The van der Waals surface area contributed by atoms with Gasteiger partial charge in [0.1, 0.15) is 24.1 Å². The lowest BCUT2D eigenvalue weighted by Gasteiger charge is -2.18. The first-order valence-electron chi connectivity index (χ1n) is 11.5. The molecule has 2 rings (SSSR count). The van der Waals surface area contributed by atoms with E-state index in [-0.39, 0.29) is 0 Å². The predicted molar refractivity (Wildman–Crippen MR) is 123 cm³/mol. The highest BCUT2D eigenvalue weighted by atomic mass is 16.5. The van der Waals surface area contributed by atoms with Crippen molar-refractivity contribution in [2.45, 2.75) is 78.1 Å². The molecule has 164 valence electrons. The highest BCUT2D eigenvalue weighted by molar-refractivity contribution is 6.00. The van der Waals surface area contributed by atoms with Gasteiger partial charge in [0, 0.05) is 23.6 Å². The average Bonchev–Trinajstić information content (AvgIpc) is 2.76. The van der Waals surface area contributed by atoms with Crippen LogP contribution in [0.25, 0.3) is 10.8 Å². The van der Waals surface area contributed by atoms with Crippen LogP contribution in [0.2, 0.25) is 0 Å². The third kappa shape index (κ3) is 6.86. The largest absolute Gasteiger partial charge is 0.493 e. The lowest BCUT2D eigenvalue weighted by atomic mass is 9.95. The minimum Gasteiger partial charge on any atom is -0.493 e. The standard InChI is InChI=1S/C26H36O4/c1-3-5-7-9-19-29-23-13-11-22(16-18-28)26-24(30-20-10-8-6-4-2)14-12-21(15-17-27)25(23)26/h11-14,17-18H,3-10,15-16,19-20H2,1-2H3. The maximum atomic E-state index is 11.3. The molecule has 0 unspecified atom stereocenters. The van der Waals surface area contributed by atoms with Gasteiger partial charge in [0.2, 0.25) is 0 Å². The summed E-state index contributed by atoms with van der Waals surface area (Å²) >= 11 is 0. The van der Waals surface area contributed by atoms with Crippen molar-refractivity contribution >= 4 is 23.3 Å². The predicted octanol–water partition coefficient (Wildman–Crippen LogP) is 6.24. The summed E-state index contributed by atoms with van der Waals surface area (Å²) in [6.45, 7) is 5.67. The van der Waals surface area contributed by atoms with Crippen LogP contribution < -0.4 is 9.47 Å². The first-order valence-corrected chi connectivity index (χ1v) is 11.5. The summed E-state index contributed by atoms with van der Waals surface area (Å²) < 4.78 is 12.3. The summed E-state index contributed by atoms with van der Waals surface area (Å²) in [5.41, 5.74) is 1.82. The molecule has 0 atom stereocenters. The van der Waals surface area contributed by atoms with Gasteiger partial charge < -0.3 is 19.1 Å². The minimum atomic E-state index is 0.310. The molecule has 2 aromatic rings. The highest BCUT2D eigenvalue weighted by Crippen LogP contribution is 2.38. The molecule has 0 fully saturated rings. The molecule has 0 amide bonds. The number of unbranched alkanes of at least 4 members (excludes halogenated alkanes) is 6. The number of fused-ring (bicyclic) bond motifs is 1. The van der Waals surface area contributed by atoms with Crippen LogP contribution in [0.1, 0.15) is 76.3 Å². The summed E-state index contributed by atoms with van der Waals surface area (Å²) in [6, 6.07) is 7.76. The van der Waals surface area contributed by atoms with Crippen molar-refractivity contribution in [3.63, 3.8) is 0 Å². The fourth-order valence-electron chi connectivity index (χ4n) is 3.75. The topological polar surface area (TPSA) is 52.6 Å². The van der Waals surface area contributed by atoms with Crippen molar-refractivity contribution in [2.24, 2.45) is 0 Å². The molecule has 0 aromatic heterocycles. The zero-order valence-corrected chi connectivity index (χ0v) is 18.6. The van der Waals surface area contributed by atoms with Crippen molar-refractivity contribution in [1.29, 1.82) is 0 Å². The zero-order valence-electron chi connectivity index (χ0n) is 18.6. The van der Waals surface area contributed by atoms with Gasteiger partial charge in [0.15, 0.2) is 0 Å². The number of carbonyl (C=O) groups excluding carboxylic acids is 2. The summed E-state index contributed by atoms with van der Waals surface area (Å²) in [4.78, 5) is 22.6. The third-order valence-electron chi connectivity index (χ3n) is 5.37. The molecule has 2 aromatic carbocycles. The zero-order chi connectivity index (χ0) is 21.6. The van der Waals surface area contributed by atoms with Gasteiger partial charge in [-0.15, -0.1) is 0 Å². The number of hydrogen-bond donors (Lipinski definition) is 0. The van der Waals surface area contributed by atoms with E-state index in [4.69, 9.17) is 9.47 Å². The SMILES string of the molecule is CCCCCCOc1ccc(CC=O)c2c(OCCCCCC)ccc(CC=O)c12. The molecular formula is C26H36O4. The second-order valence-corrected chi connectivity index (χ2v) is 7.76. The second kappa shape index (κ2) is 13.8. The highest BCUT2D eigenvalue weighted by Gasteiger charge is 2.16. The summed E-state index contributed by atoms with van der Waals surface area (Å²) in [5.74, 6) is 1.54. The Morgan fingerprint density at radius 1 is 0.633 bits per heavy atom. The second-order valence-electron chi connectivity index (χ2n) is 7.76. The summed E-state index contributed by atoms with van der Waals surface area (Å²) in [7, 11) is 0. The van der Waals surface area contributed by atoms with Crippen LogP contribution in [0, 0.1) is 0 Å². The number of rotatable bonds is 16. The molecule has 4 heteroatoms. The molecule has 0 bridgehead atoms. The van der Waals surface area contributed by atoms with Crippen LogP contribution in [-0.4, -0.2) is 25.8 Å². The molecule has 0 aliphatic heterocycles. The molecule has 0 saturated heterocycles. The molecule has 0 N–H and O–H groups in total. The van der Waals surface area contributed by atoms with E-state index in [1.54, 1.807) is 0 Å². The van der Waals surface area contributed by atoms with E-state index < -0.39 is 0 Å². The van der Waals surface area contributed by atoms with Crippen LogP contribution in [0.5, 0.6) is 11.5 Å². The van der Waals surface area contributed by atoms with E-state index in [2.05, 4.69) is 13.8 Å². The molecule has 0 saturated carbocycles. The van der Waals surface area contributed by atoms with Crippen molar-refractivity contribution in [3.05, 3.63) is 35.4 Å². The Morgan fingerprint density at radius 2 is 1.07 bits per heavy atom. The molecule has 0 aliphatic rings. The van der Waals surface area contributed by atoms with Crippen LogP contribution in [-0.2, 0) is 22.4 Å². The Labute approximate surface area is 181 Å². The minimum absolute atomic E-state index is 0.310. The molecule has 0 spiro atoms. The van der Waals surface area contributed by atoms with Crippen molar-refractivity contribution < 1.29 is 19.1 Å². The number of ether oxygens (including phenoxy) is 2. The van der Waals surface area contributed by atoms with Crippen LogP contribution in [0.4, 0.5) is 0 Å². The van der Waals surface area contributed by atoms with Crippen molar-refractivity contribution in [3.8, 4) is 11.5 Å². The first-order chi connectivity index (χ1) is 14.8. The number of benzene rings is 2. The van der Waals surface area contributed by atoms with E-state index in [0.717, 1.165) is 71.7 Å². The molecular weight excluding hydrogens is 376 g/mol. The third-order valence-corrected chi connectivity index (χ3v) is 5.37. The van der Waals surface area contributed by atoms with E-state index in [0.29, 0.717) is 26.1 Å². The normalized spacial score (nSPS) is 10.9. The van der Waals surface area contributed by atoms with Gasteiger partial charge in [-0.25, -0.2) is 0 Å². The van der Waals surface area contributed by atoms with Crippen LogP contribution >= 0.6 is 0 Å². The summed E-state index contributed by atoms with van der Waals surface area (Å²) in [6.07, 6.45) is 11.5. The average molecular weight is 413 g/mol. The van der Waals surface area contributed by atoms with E-state index in [1.807, 2.05) is 24.3 Å². The Balaban J connectivity index is 2.38. The van der Waals surface area contributed by atoms with Gasteiger partial charge in [0.05, 0.1) is 13.2 Å². The molecule has 4 nitrogen and oxygen atoms in total. The maximum absolute atomic E-state index is 11.3.